The van der Waals surface area contributed by atoms with Crippen LogP contribution in [0.1, 0.15) is 58.6 Å². The number of nitrogens with one attached hydrogen (secondary N) is 1. The van der Waals surface area contributed by atoms with E-state index in [1.165, 1.54) is 6.42 Å². The highest BCUT2D eigenvalue weighted by Crippen LogP contribution is 2.21. The maximum absolute atomic E-state index is 12.1. The molecule has 126 valence electrons. The minimum Gasteiger partial charge on any atom is -0.356 e. The number of hydrogen-bond acceptors (Lipinski definition) is 2. The van der Waals surface area contributed by atoms with E-state index >= 15 is 0 Å². The number of carbonyl (C=O) groups is 1. The van der Waals surface area contributed by atoms with Crippen molar-refractivity contribution in [2.75, 3.05) is 6.54 Å². The summed E-state index contributed by atoms with van der Waals surface area (Å²) in [6.45, 7) is 9.36. The number of nitrogens with two attached hydrogens (primary N) is 1. The van der Waals surface area contributed by atoms with Gasteiger partial charge in [0.25, 0.3) is 0 Å². The summed E-state index contributed by atoms with van der Waals surface area (Å²) in [5.74, 6) is -0.169. The van der Waals surface area contributed by atoms with Gasteiger partial charge in [0.2, 0.25) is 5.91 Å². The zero-order chi connectivity index (χ0) is 15.9. The third kappa shape index (κ3) is 7.81. The van der Waals surface area contributed by atoms with Crippen LogP contribution >= 0.6 is 12.4 Å². The predicted molar refractivity (Wildman–Crippen MR) is 96.1 cm³/mol. The molecule has 4 heteroatoms. The number of hydrogen-bond donors (Lipinski definition) is 2. The highest BCUT2D eigenvalue weighted by Gasteiger charge is 2.21. The Hall–Kier alpha value is -1.06. The van der Waals surface area contributed by atoms with Crippen LogP contribution in [0.3, 0.4) is 0 Å². The highest BCUT2D eigenvalue weighted by atomic mass is 35.5. The molecule has 0 aromatic heterocycles. The van der Waals surface area contributed by atoms with Crippen molar-refractivity contribution in [2.24, 2.45) is 17.1 Å². The molecule has 3 N–H and O–H groups in total. The van der Waals surface area contributed by atoms with Gasteiger partial charge in [-0.2, -0.15) is 0 Å². The van der Waals surface area contributed by atoms with E-state index in [1.54, 1.807) is 0 Å². The van der Waals surface area contributed by atoms with Crippen LogP contribution in [0.2, 0.25) is 0 Å². The number of carbonyl (C=O) groups excluding carboxylic acids is 1. The number of unbranched alkanes of at least 4 members (excludes halogenated alkanes) is 1. The van der Waals surface area contributed by atoms with Gasteiger partial charge in [-0.05, 0) is 23.8 Å². The Morgan fingerprint density at radius 2 is 1.77 bits per heavy atom. The second-order valence-corrected chi connectivity index (χ2v) is 7.03. The average Bonchev–Trinajstić information content (AvgIpc) is 2.44. The van der Waals surface area contributed by atoms with E-state index in [4.69, 9.17) is 5.73 Å². The van der Waals surface area contributed by atoms with Crippen molar-refractivity contribution in [1.82, 2.24) is 5.32 Å². The van der Waals surface area contributed by atoms with Gasteiger partial charge in [0.05, 0.1) is 5.92 Å². The molecule has 1 aromatic carbocycles. The molecule has 0 aliphatic carbocycles. The zero-order valence-corrected chi connectivity index (χ0v) is 15.1. The lowest BCUT2D eigenvalue weighted by molar-refractivity contribution is -0.125. The molecule has 0 spiro atoms. The lowest BCUT2D eigenvalue weighted by atomic mass is 9.90. The molecule has 0 radical (unpaired) electrons. The van der Waals surface area contributed by atoms with E-state index in [0.717, 1.165) is 24.9 Å². The summed E-state index contributed by atoms with van der Waals surface area (Å²) in [4.78, 5) is 12.1. The van der Waals surface area contributed by atoms with Crippen molar-refractivity contribution < 1.29 is 4.79 Å². The monoisotopic (exact) mass is 326 g/mol. The molecule has 2 unspecified atom stereocenters. The van der Waals surface area contributed by atoms with Crippen LogP contribution in [-0.4, -0.2) is 12.5 Å². The third-order valence-corrected chi connectivity index (χ3v) is 3.79. The van der Waals surface area contributed by atoms with Crippen LogP contribution in [0.25, 0.3) is 0 Å². The summed E-state index contributed by atoms with van der Waals surface area (Å²) in [6.07, 6.45) is 3.35. The van der Waals surface area contributed by atoms with Gasteiger partial charge in [-0.3, -0.25) is 4.79 Å². The van der Waals surface area contributed by atoms with Gasteiger partial charge < -0.3 is 11.1 Å². The first-order chi connectivity index (χ1) is 9.81. The maximum Gasteiger partial charge on any atom is 0.224 e. The first kappa shape index (κ1) is 20.9. The number of halogens is 1. The lowest BCUT2D eigenvalue weighted by Crippen LogP contribution is -2.36. The van der Waals surface area contributed by atoms with Gasteiger partial charge in [0, 0.05) is 12.6 Å². The maximum atomic E-state index is 12.1. The largest absolute Gasteiger partial charge is 0.356 e. The topological polar surface area (TPSA) is 55.1 Å². The normalized spacial score (nSPS) is 13.9. The first-order valence-corrected chi connectivity index (χ1v) is 7.89. The Labute approximate surface area is 141 Å². The predicted octanol–water partition coefficient (Wildman–Crippen LogP) is 4.08. The molecule has 1 aromatic rings. The molecule has 0 heterocycles. The summed E-state index contributed by atoms with van der Waals surface area (Å²) < 4.78 is 0. The van der Waals surface area contributed by atoms with Crippen LogP contribution in [0, 0.1) is 11.3 Å². The second kappa shape index (κ2) is 9.86. The number of rotatable bonds is 7. The van der Waals surface area contributed by atoms with Crippen LogP contribution in [-0.2, 0) is 4.79 Å². The molecule has 0 saturated heterocycles. The van der Waals surface area contributed by atoms with E-state index in [1.807, 2.05) is 37.3 Å². The van der Waals surface area contributed by atoms with Crippen LogP contribution in [0.5, 0.6) is 0 Å². The minimum atomic E-state index is -0.249. The first-order valence-electron chi connectivity index (χ1n) is 7.89. The van der Waals surface area contributed by atoms with Crippen molar-refractivity contribution in [3.8, 4) is 0 Å². The molecule has 1 rings (SSSR count). The summed E-state index contributed by atoms with van der Waals surface area (Å²) in [7, 11) is 0. The Bertz CT molecular complexity index is 428. The average molecular weight is 327 g/mol. The van der Waals surface area contributed by atoms with Crippen molar-refractivity contribution in [3.05, 3.63) is 35.9 Å². The summed E-state index contributed by atoms with van der Waals surface area (Å²) in [5.41, 5.74) is 7.54. The number of amides is 1. The van der Waals surface area contributed by atoms with Gasteiger partial charge in [-0.1, -0.05) is 64.4 Å². The van der Waals surface area contributed by atoms with Crippen LogP contribution < -0.4 is 11.1 Å². The van der Waals surface area contributed by atoms with Crippen molar-refractivity contribution in [2.45, 2.75) is 53.0 Å². The van der Waals surface area contributed by atoms with Crippen LogP contribution in [0.4, 0.5) is 0 Å². The van der Waals surface area contributed by atoms with E-state index in [-0.39, 0.29) is 30.3 Å². The molecule has 2 atom stereocenters. The molecular weight excluding hydrogens is 296 g/mol. The molecule has 3 nitrogen and oxygen atoms in total. The van der Waals surface area contributed by atoms with Crippen molar-refractivity contribution in [3.63, 3.8) is 0 Å². The standard InChI is InChI=1S/C18H30N2O.ClH/c1-14(16(19)15-10-6-5-7-11-15)17(21)20-13-9-8-12-18(2,3)4;/h5-7,10-11,14,16H,8-9,12-13,19H2,1-4H3,(H,20,21);1H. The Morgan fingerprint density at radius 1 is 1.18 bits per heavy atom. The third-order valence-electron chi connectivity index (χ3n) is 3.79. The highest BCUT2D eigenvalue weighted by molar-refractivity contribution is 5.85. The zero-order valence-electron chi connectivity index (χ0n) is 14.3. The Morgan fingerprint density at radius 3 is 2.32 bits per heavy atom. The van der Waals surface area contributed by atoms with Crippen molar-refractivity contribution >= 4 is 18.3 Å². The second-order valence-electron chi connectivity index (χ2n) is 7.03. The van der Waals surface area contributed by atoms with E-state index in [2.05, 4.69) is 26.1 Å². The van der Waals surface area contributed by atoms with Crippen molar-refractivity contribution in [1.29, 1.82) is 0 Å². The van der Waals surface area contributed by atoms with Gasteiger partial charge in [0.1, 0.15) is 0 Å². The van der Waals surface area contributed by atoms with Gasteiger partial charge >= 0.3 is 0 Å². The molecule has 0 aliphatic heterocycles. The lowest BCUT2D eigenvalue weighted by Gasteiger charge is -2.20. The Balaban J connectivity index is 0.00000441. The number of benzene rings is 1. The quantitative estimate of drug-likeness (QED) is 0.742. The minimum absolute atomic E-state index is 0. The van der Waals surface area contributed by atoms with E-state index in [0.29, 0.717) is 5.41 Å². The molecule has 22 heavy (non-hydrogen) atoms. The van der Waals surface area contributed by atoms with Crippen LogP contribution in [0.15, 0.2) is 30.3 Å². The fourth-order valence-corrected chi connectivity index (χ4v) is 2.28. The summed E-state index contributed by atoms with van der Waals surface area (Å²) in [5, 5.41) is 3.00. The molecule has 0 fully saturated rings. The van der Waals surface area contributed by atoms with Gasteiger partial charge in [-0.25, -0.2) is 0 Å². The van der Waals surface area contributed by atoms with Gasteiger partial charge in [0.15, 0.2) is 0 Å². The SMILES string of the molecule is CC(C(=O)NCCCCC(C)(C)C)C(N)c1ccccc1.Cl. The molecule has 1 amide bonds. The fourth-order valence-electron chi connectivity index (χ4n) is 2.28. The summed E-state index contributed by atoms with van der Waals surface area (Å²) in [6, 6.07) is 9.55. The van der Waals surface area contributed by atoms with E-state index in [9.17, 15) is 4.79 Å². The fraction of sp³-hybridized carbons (Fsp3) is 0.611. The van der Waals surface area contributed by atoms with E-state index < -0.39 is 0 Å². The molecule has 0 bridgehead atoms. The summed E-state index contributed by atoms with van der Waals surface area (Å²) >= 11 is 0. The molecule has 0 aliphatic rings. The smallest absolute Gasteiger partial charge is 0.224 e. The Kier molecular flexibility index (Phi) is 9.38. The molecular formula is C18H31ClN2O. The van der Waals surface area contributed by atoms with Gasteiger partial charge in [-0.15, -0.1) is 12.4 Å². The molecule has 0 saturated carbocycles.